The Labute approximate surface area is 131 Å². The quantitative estimate of drug-likeness (QED) is 0.651. The molecule has 0 spiro atoms. The zero-order chi connectivity index (χ0) is 16.2. The fraction of sp³-hybridized carbons (Fsp3) is 0.0909. The SMILES string of the molecule is N#CC(=CNc1ccc(SC(F)(F)F)c(Cl)c1)c1nn[nH]n1. The van der Waals surface area contributed by atoms with Crippen LogP contribution in [-0.2, 0) is 0 Å². The molecule has 0 aliphatic carbocycles. The fourth-order valence-electron chi connectivity index (χ4n) is 1.38. The maximum Gasteiger partial charge on any atom is 0.446 e. The third-order valence-corrected chi connectivity index (χ3v) is 3.48. The largest absolute Gasteiger partial charge is 0.446 e. The van der Waals surface area contributed by atoms with E-state index in [1.54, 1.807) is 0 Å². The molecule has 2 N–H and O–H groups in total. The third-order valence-electron chi connectivity index (χ3n) is 2.25. The summed E-state index contributed by atoms with van der Waals surface area (Å²) in [4.78, 5) is -0.109. The molecule has 1 heterocycles. The molecule has 1 aromatic heterocycles. The molecule has 114 valence electrons. The normalized spacial score (nSPS) is 12.0. The van der Waals surface area contributed by atoms with E-state index in [2.05, 4.69) is 25.9 Å². The van der Waals surface area contributed by atoms with E-state index in [0.29, 0.717) is 5.69 Å². The number of hydrogen-bond acceptors (Lipinski definition) is 6. The molecule has 0 unspecified atom stereocenters. The molecular weight excluding hydrogens is 341 g/mol. The minimum atomic E-state index is -4.41. The second kappa shape index (κ2) is 6.67. The molecule has 1 aromatic carbocycles. The summed E-state index contributed by atoms with van der Waals surface area (Å²) < 4.78 is 36.9. The summed E-state index contributed by atoms with van der Waals surface area (Å²) in [5, 5.41) is 24.4. The Kier molecular flexibility index (Phi) is 4.89. The molecule has 0 fully saturated rings. The Morgan fingerprint density at radius 2 is 2.23 bits per heavy atom. The summed E-state index contributed by atoms with van der Waals surface area (Å²) in [6, 6.07) is 5.81. The maximum absolute atomic E-state index is 12.3. The van der Waals surface area contributed by atoms with Crippen LogP contribution in [0.25, 0.3) is 5.57 Å². The Balaban J connectivity index is 2.14. The average Bonchev–Trinajstić information content (AvgIpc) is 2.95. The number of nitrogens with zero attached hydrogens (tertiary/aromatic N) is 4. The van der Waals surface area contributed by atoms with E-state index in [1.807, 2.05) is 6.07 Å². The van der Waals surface area contributed by atoms with Crippen molar-refractivity contribution in [2.75, 3.05) is 5.32 Å². The van der Waals surface area contributed by atoms with Gasteiger partial charge in [0, 0.05) is 16.8 Å². The Morgan fingerprint density at radius 3 is 2.77 bits per heavy atom. The van der Waals surface area contributed by atoms with Crippen LogP contribution in [0.5, 0.6) is 0 Å². The Bertz CT molecular complexity index is 722. The number of halogens is 4. The van der Waals surface area contributed by atoms with Crippen LogP contribution in [0, 0.1) is 11.3 Å². The number of hydrogen-bond donors (Lipinski definition) is 2. The molecular formula is C11H6ClF3N6S. The number of rotatable bonds is 4. The minimum Gasteiger partial charge on any atom is -0.360 e. The highest BCUT2D eigenvalue weighted by Gasteiger charge is 2.30. The summed E-state index contributed by atoms with van der Waals surface area (Å²) in [5.41, 5.74) is -3.91. The van der Waals surface area contributed by atoms with Gasteiger partial charge in [-0.3, -0.25) is 0 Å². The highest BCUT2D eigenvalue weighted by atomic mass is 35.5. The zero-order valence-electron chi connectivity index (χ0n) is 10.5. The predicted octanol–water partition coefficient (Wildman–Crippen LogP) is 3.44. The minimum absolute atomic E-state index is 0.0567. The van der Waals surface area contributed by atoms with E-state index in [0.717, 1.165) is 0 Å². The average molecular weight is 347 g/mol. The topological polar surface area (TPSA) is 90.3 Å². The number of anilines is 1. The molecule has 2 aromatic rings. The van der Waals surface area contributed by atoms with Gasteiger partial charge in [-0.25, -0.2) is 0 Å². The van der Waals surface area contributed by atoms with Crippen molar-refractivity contribution in [3.05, 3.63) is 35.2 Å². The van der Waals surface area contributed by atoms with E-state index in [-0.39, 0.29) is 33.1 Å². The van der Waals surface area contributed by atoms with Crippen molar-refractivity contribution in [1.82, 2.24) is 20.6 Å². The first kappa shape index (κ1) is 16.1. The molecule has 0 aliphatic heterocycles. The van der Waals surface area contributed by atoms with Crippen LogP contribution in [0.2, 0.25) is 5.02 Å². The molecule has 2 rings (SSSR count). The number of thioether (sulfide) groups is 1. The summed E-state index contributed by atoms with van der Waals surface area (Å²) in [7, 11) is 0. The number of benzene rings is 1. The lowest BCUT2D eigenvalue weighted by atomic mass is 10.3. The van der Waals surface area contributed by atoms with Crippen molar-refractivity contribution in [3.8, 4) is 6.07 Å². The maximum atomic E-state index is 12.3. The Hall–Kier alpha value is -2.25. The van der Waals surface area contributed by atoms with Gasteiger partial charge in [-0.2, -0.15) is 23.6 Å². The van der Waals surface area contributed by atoms with Gasteiger partial charge < -0.3 is 5.32 Å². The number of alkyl halides is 3. The van der Waals surface area contributed by atoms with Gasteiger partial charge in [0.25, 0.3) is 0 Å². The first-order valence-corrected chi connectivity index (χ1v) is 6.74. The van der Waals surface area contributed by atoms with Crippen LogP contribution < -0.4 is 5.32 Å². The monoisotopic (exact) mass is 346 g/mol. The predicted molar refractivity (Wildman–Crippen MR) is 74.8 cm³/mol. The van der Waals surface area contributed by atoms with E-state index in [4.69, 9.17) is 16.9 Å². The van der Waals surface area contributed by atoms with Crippen molar-refractivity contribution in [3.63, 3.8) is 0 Å². The second-order valence-electron chi connectivity index (χ2n) is 3.74. The van der Waals surface area contributed by atoms with Gasteiger partial charge in [0.05, 0.1) is 5.02 Å². The number of nitriles is 1. The summed E-state index contributed by atoms with van der Waals surface area (Å²) in [6.07, 6.45) is 1.30. The van der Waals surface area contributed by atoms with E-state index in [9.17, 15) is 13.2 Å². The number of tetrazole rings is 1. The Morgan fingerprint density at radius 1 is 1.45 bits per heavy atom. The fourth-order valence-corrected chi connectivity index (χ4v) is 2.21. The lowest BCUT2D eigenvalue weighted by Gasteiger charge is -2.09. The van der Waals surface area contributed by atoms with Gasteiger partial charge >= 0.3 is 5.51 Å². The molecule has 22 heavy (non-hydrogen) atoms. The number of nitrogens with one attached hydrogen (secondary N) is 2. The number of aromatic amines is 1. The van der Waals surface area contributed by atoms with Crippen LogP contribution in [0.3, 0.4) is 0 Å². The first-order chi connectivity index (χ1) is 10.4. The molecule has 0 aliphatic rings. The number of allylic oxidation sites excluding steroid dienone is 1. The van der Waals surface area contributed by atoms with E-state index < -0.39 is 5.51 Å². The molecule has 0 bridgehead atoms. The molecule has 0 saturated heterocycles. The van der Waals surface area contributed by atoms with Crippen LogP contribution >= 0.6 is 23.4 Å². The summed E-state index contributed by atoms with van der Waals surface area (Å²) in [6.45, 7) is 0. The standard InChI is InChI=1S/C11H6ClF3N6S/c12-8-3-7(1-2-9(8)22-11(13,14)15)17-5-6(4-16)10-18-20-21-19-10/h1-3,5,17H,(H,18,19,20,21). The lowest BCUT2D eigenvalue weighted by Crippen LogP contribution is -1.99. The highest BCUT2D eigenvalue weighted by Crippen LogP contribution is 2.40. The molecule has 6 nitrogen and oxygen atoms in total. The van der Waals surface area contributed by atoms with Crippen molar-refractivity contribution in [2.24, 2.45) is 0 Å². The lowest BCUT2D eigenvalue weighted by molar-refractivity contribution is -0.0328. The highest BCUT2D eigenvalue weighted by molar-refractivity contribution is 8.00. The second-order valence-corrected chi connectivity index (χ2v) is 5.26. The van der Waals surface area contributed by atoms with Crippen LogP contribution in [0.15, 0.2) is 29.3 Å². The summed E-state index contributed by atoms with van der Waals surface area (Å²) in [5.74, 6) is 0.0883. The van der Waals surface area contributed by atoms with E-state index >= 15 is 0 Å². The van der Waals surface area contributed by atoms with Crippen LogP contribution in [-0.4, -0.2) is 26.1 Å². The zero-order valence-corrected chi connectivity index (χ0v) is 12.1. The first-order valence-electron chi connectivity index (χ1n) is 5.55. The third kappa shape index (κ3) is 4.37. The smallest absolute Gasteiger partial charge is 0.360 e. The van der Waals surface area contributed by atoms with Crippen molar-refractivity contribution >= 4 is 34.6 Å². The van der Waals surface area contributed by atoms with Gasteiger partial charge in [-0.05, 0) is 35.2 Å². The van der Waals surface area contributed by atoms with Crippen LogP contribution in [0.4, 0.5) is 18.9 Å². The number of aromatic nitrogens is 4. The molecule has 0 atom stereocenters. The van der Waals surface area contributed by atoms with Gasteiger partial charge in [0.1, 0.15) is 11.6 Å². The van der Waals surface area contributed by atoms with Gasteiger partial charge in [-0.15, -0.1) is 10.2 Å². The number of H-pyrrole nitrogens is 1. The van der Waals surface area contributed by atoms with Gasteiger partial charge in [-0.1, -0.05) is 11.6 Å². The van der Waals surface area contributed by atoms with Crippen molar-refractivity contribution in [2.45, 2.75) is 10.4 Å². The molecule has 11 heteroatoms. The van der Waals surface area contributed by atoms with Crippen LogP contribution in [0.1, 0.15) is 5.82 Å². The van der Waals surface area contributed by atoms with Crippen molar-refractivity contribution in [1.29, 1.82) is 5.26 Å². The summed E-state index contributed by atoms with van der Waals surface area (Å²) >= 11 is 5.50. The molecule has 0 radical (unpaired) electrons. The molecule has 0 amide bonds. The molecule has 0 saturated carbocycles. The van der Waals surface area contributed by atoms with Gasteiger partial charge in [0.15, 0.2) is 0 Å². The van der Waals surface area contributed by atoms with Gasteiger partial charge in [0.2, 0.25) is 5.82 Å². The van der Waals surface area contributed by atoms with Crippen molar-refractivity contribution < 1.29 is 13.2 Å². The van der Waals surface area contributed by atoms with E-state index in [1.165, 1.54) is 24.4 Å².